The Kier molecular flexibility index (Phi) is 6.92. The van der Waals surface area contributed by atoms with Gasteiger partial charge in [-0.2, -0.15) is 0 Å². The molecule has 0 spiro atoms. The molecule has 21 heavy (non-hydrogen) atoms. The van der Waals surface area contributed by atoms with Crippen molar-refractivity contribution in [2.45, 2.75) is 69.0 Å². The first-order valence-electron chi connectivity index (χ1n) is 7.98. The molecule has 7 heteroatoms. The van der Waals surface area contributed by atoms with Crippen LogP contribution in [0.5, 0.6) is 0 Å². The Labute approximate surface area is 131 Å². The summed E-state index contributed by atoms with van der Waals surface area (Å²) < 4.78 is 1.84. The quantitative estimate of drug-likeness (QED) is 0.589. The van der Waals surface area contributed by atoms with Gasteiger partial charge in [-0.05, 0) is 35.7 Å². The molecule has 1 aliphatic rings. The molecule has 1 aromatic heterocycles. The van der Waals surface area contributed by atoms with Crippen LogP contribution in [-0.2, 0) is 6.54 Å². The zero-order valence-corrected chi connectivity index (χ0v) is 13.8. The minimum Gasteiger partial charge on any atom is -0.392 e. The van der Waals surface area contributed by atoms with Gasteiger partial charge in [-0.15, -0.1) is 5.10 Å². The van der Waals surface area contributed by atoms with Gasteiger partial charge in [0, 0.05) is 11.8 Å². The number of hydrogen-bond donors (Lipinski definition) is 2. The van der Waals surface area contributed by atoms with E-state index in [1.54, 1.807) is 11.8 Å². The first-order valence-corrected chi connectivity index (χ1v) is 8.86. The first kappa shape index (κ1) is 16.7. The molecule has 2 atom stereocenters. The number of tetrazole rings is 1. The van der Waals surface area contributed by atoms with E-state index in [9.17, 15) is 5.11 Å². The van der Waals surface area contributed by atoms with Gasteiger partial charge in [0.05, 0.1) is 12.6 Å². The maximum absolute atomic E-state index is 10.2. The van der Waals surface area contributed by atoms with Gasteiger partial charge < -0.3 is 10.4 Å². The van der Waals surface area contributed by atoms with Crippen molar-refractivity contribution in [1.29, 1.82) is 0 Å². The fourth-order valence-corrected chi connectivity index (χ4v) is 3.71. The molecule has 0 bridgehead atoms. The molecule has 2 unspecified atom stereocenters. The average molecular weight is 313 g/mol. The van der Waals surface area contributed by atoms with Crippen molar-refractivity contribution in [1.82, 2.24) is 25.5 Å². The molecule has 6 nitrogen and oxygen atoms in total. The van der Waals surface area contributed by atoms with Crippen molar-refractivity contribution in [2.24, 2.45) is 5.92 Å². The molecule has 0 saturated heterocycles. The molecule has 0 radical (unpaired) electrons. The highest BCUT2D eigenvalue weighted by molar-refractivity contribution is 7.99. The number of aliphatic hydroxyl groups excluding tert-OH is 1. The van der Waals surface area contributed by atoms with Crippen LogP contribution in [0.3, 0.4) is 0 Å². The minimum atomic E-state index is -0.235. The van der Waals surface area contributed by atoms with Crippen LogP contribution < -0.4 is 5.32 Å². The summed E-state index contributed by atoms with van der Waals surface area (Å²) in [5, 5.41) is 26.6. The monoisotopic (exact) mass is 313 g/mol. The number of aromatic nitrogens is 4. The molecular formula is C14H27N5OS. The number of nitrogens with zero attached hydrogens (tertiary/aromatic N) is 4. The summed E-state index contributed by atoms with van der Waals surface area (Å²) in [6.07, 6.45) is 5.24. The molecule has 0 aromatic carbocycles. The molecular weight excluding hydrogens is 286 g/mol. The largest absolute Gasteiger partial charge is 0.392 e. The first-order chi connectivity index (χ1) is 10.2. The molecule has 0 amide bonds. The number of aliphatic hydroxyl groups is 1. The highest BCUT2D eigenvalue weighted by Gasteiger charge is 2.24. The van der Waals surface area contributed by atoms with Gasteiger partial charge in [-0.25, -0.2) is 4.68 Å². The summed E-state index contributed by atoms with van der Waals surface area (Å²) in [7, 11) is 0. The molecule has 1 fully saturated rings. The summed E-state index contributed by atoms with van der Waals surface area (Å²) in [6, 6.07) is 0. The normalized spacial score (nSPS) is 23.4. The molecule has 2 N–H and O–H groups in total. The van der Waals surface area contributed by atoms with Crippen LogP contribution in [0.15, 0.2) is 5.16 Å². The Balaban J connectivity index is 1.84. The highest BCUT2D eigenvalue weighted by atomic mass is 32.2. The van der Waals surface area contributed by atoms with E-state index < -0.39 is 0 Å². The predicted molar refractivity (Wildman–Crippen MR) is 84.3 cm³/mol. The second-order valence-corrected chi connectivity index (χ2v) is 7.35. The Bertz CT molecular complexity index is 412. The molecule has 120 valence electrons. The van der Waals surface area contributed by atoms with Gasteiger partial charge in [0.1, 0.15) is 0 Å². The fourth-order valence-electron chi connectivity index (χ4n) is 2.52. The van der Waals surface area contributed by atoms with Crippen molar-refractivity contribution < 1.29 is 5.11 Å². The van der Waals surface area contributed by atoms with Crippen molar-refractivity contribution in [2.75, 3.05) is 13.1 Å². The smallest absolute Gasteiger partial charge is 0.209 e. The van der Waals surface area contributed by atoms with Crippen LogP contribution >= 0.6 is 11.8 Å². The van der Waals surface area contributed by atoms with Crippen molar-refractivity contribution in [3.05, 3.63) is 0 Å². The maximum atomic E-state index is 10.2. The number of nitrogens with one attached hydrogen (secondary N) is 1. The maximum Gasteiger partial charge on any atom is 0.209 e. The van der Waals surface area contributed by atoms with Gasteiger partial charge >= 0.3 is 0 Å². The zero-order valence-electron chi connectivity index (χ0n) is 13.0. The molecule has 1 heterocycles. The lowest BCUT2D eigenvalue weighted by molar-refractivity contribution is 0.163. The lowest BCUT2D eigenvalue weighted by Crippen LogP contribution is -2.25. The van der Waals surface area contributed by atoms with Crippen LogP contribution in [0.1, 0.15) is 46.0 Å². The van der Waals surface area contributed by atoms with Crippen molar-refractivity contribution in [3.8, 4) is 0 Å². The summed E-state index contributed by atoms with van der Waals surface area (Å²) in [5.74, 6) is 0.647. The van der Waals surface area contributed by atoms with Gasteiger partial charge in [0.15, 0.2) is 0 Å². The van der Waals surface area contributed by atoms with Crippen LogP contribution in [0.4, 0.5) is 0 Å². The molecule has 0 aliphatic heterocycles. The minimum absolute atomic E-state index is 0.223. The molecule has 1 saturated carbocycles. The van der Waals surface area contributed by atoms with E-state index >= 15 is 0 Å². The van der Waals surface area contributed by atoms with Crippen molar-refractivity contribution >= 4 is 11.8 Å². The van der Waals surface area contributed by atoms with Crippen LogP contribution in [0.25, 0.3) is 0 Å². The van der Waals surface area contributed by atoms with Crippen molar-refractivity contribution in [3.63, 3.8) is 0 Å². The summed E-state index contributed by atoms with van der Waals surface area (Å²) in [6.45, 7) is 7.03. The van der Waals surface area contributed by atoms with Gasteiger partial charge in [-0.3, -0.25) is 0 Å². The number of hydrogen-bond acceptors (Lipinski definition) is 6. The van der Waals surface area contributed by atoms with E-state index in [0.717, 1.165) is 44.1 Å². The lowest BCUT2D eigenvalue weighted by Gasteiger charge is -2.18. The van der Waals surface area contributed by atoms with Crippen LogP contribution in [-0.4, -0.2) is 49.8 Å². The van der Waals surface area contributed by atoms with Crippen LogP contribution in [0.2, 0.25) is 0 Å². The molecule has 1 aromatic rings. The SMILES string of the molecule is CC(C)CNCCn1nnnc1SC1CCCCCC1O. The third kappa shape index (κ3) is 5.56. The third-order valence-electron chi connectivity index (χ3n) is 3.73. The topological polar surface area (TPSA) is 75.9 Å². The second kappa shape index (κ2) is 8.70. The highest BCUT2D eigenvalue weighted by Crippen LogP contribution is 2.31. The Morgan fingerprint density at radius 2 is 2.14 bits per heavy atom. The van der Waals surface area contributed by atoms with Gasteiger partial charge in [0.2, 0.25) is 5.16 Å². The lowest BCUT2D eigenvalue weighted by atomic mass is 10.1. The Morgan fingerprint density at radius 1 is 1.33 bits per heavy atom. The van der Waals surface area contributed by atoms with E-state index in [4.69, 9.17) is 0 Å². The van der Waals surface area contributed by atoms with E-state index in [-0.39, 0.29) is 11.4 Å². The zero-order chi connectivity index (χ0) is 15.1. The fraction of sp³-hybridized carbons (Fsp3) is 0.929. The van der Waals surface area contributed by atoms with Gasteiger partial charge in [0.25, 0.3) is 0 Å². The molecule has 2 rings (SSSR count). The standard InChI is InChI=1S/C14H27N5OS/c1-11(2)10-15-8-9-19-14(16-17-18-19)21-13-7-5-3-4-6-12(13)20/h11-13,15,20H,3-10H2,1-2H3. The molecule has 1 aliphatic carbocycles. The summed E-state index contributed by atoms with van der Waals surface area (Å²) >= 11 is 1.63. The van der Waals surface area contributed by atoms with E-state index in [1.807, 2.05) is 4.68 Å². The van der Waals surface area contributed by atoms with Gasteiger partial charge in [-0.1, -0.05) is 44.9 Å². The summed E-state index contributed by atoms with van der Waals surface area (Å²) in [4.78, 5) is 0. The average Bonchev–Trinajstić information content (AvgIpc) is 2.78. The second-order valence-electron chi connectivity index (χ2n) is 6.14. The third-order valence-corrected chi connectivity index (χ3v) is 5.08. The number of rotatable bonds is 7. The van der Waals surface area contributed by atoms with E-state index in [2.05, 4.69) is 34.7 Å². The predicted octanol–water partition coefficient (Wildman–Crippen LogP) is 1.70. The summed E-state index contributed by atoms with van der Waals surface area (Å²) in [5.41, 5.74) is 0. The van der Waals surface area contributed by atoms with E-state index in [0.29, 0.717) is 5.92 Å². The number of thioether (sulfide) groups is 1. The Hall–Kier alpha value is -0.660. The van der Waals surface area contributed by atoms with E-state index in [1.165, 1.54) is 12.8 Å². The Morgan fingerprint density at radius 3 is 2.95 bits per heavy atom. The van der Waals surface area contributed by atoms with Crippen LogP contribution in [0, 0.1) is 5.92 Å².